The average molecular weight is 275 g/mol. The Labute approximate surface area is 119 Å². The second kappa shape index (κ2) is 6.09. The fourth-order valence-electron chi connectivity index (χ4n) is 2.39. The summed E-state index contributed by atoms with van der Waals surface area (Å²) < 4.78 is 0. The minimum atomic E-state index is 0.155. The molecule has 1 aromatic heterocycles. The van der Waals surface area contributed by atoms with Crippen molar-refractivity contribution in [2.24, 2.45) is 5.92 Å². The highest BCUT2D eigenvalue weighted by Gasteiger charge is 2.33. The Kier molecular flexibility index (Phi) is 4.22. The zero-order chi connectivity index (χ0) is 13.1. The van der Waals surface area contributed by atoms with Crippen molar-refractivity contribution >= 4 is 11.3 Å². The molecule has 1 aromatic rings. The highest BCUT2D eigenvalue weighted by atomic mass is 32.1. The molecule has 2 saturated carbocycles. The van der Waals surface area contributed by atoms with Gasteiger partial charge < -0.3 is 5.11 Å². The van der Waals surface area contributed by atoms with E-state index in [4.69, 9.17) is 5.11 Å². The summed E-state index contributed by atoms with van der Waals surface area (Å²) in [5, 5.41) is 10.9. The Morgan fingerprint density at radius 3 is 2.84 bits per heavy atom. The normalized spacial score (nSPS) is 18.4. The molecule has 1 N–H and O–H groups in total. The third-order valence-corrected chi connectivity index (χ3v) is 4.71. The summed E-state index contributed by atoms with van der Waals surface area (Å²) in [5.74, 6) is 7.20. The highest BCUT2D eigenvalue weighted by molar-refractivity contribution is 7.10. The molecule has 3 heteroatoms. The molecular formula is C16H21NOS. The maximum atomic E-state index is 8.79. The molecule has 0 aromatic carbocycles. The Morgan fingerprint density at radius 1 is 1.32 bits per heavy atom. The first-order valence-electron chi connectivity index (χ1n) is 7.27. The number of nitrogens with zero attached hydrogens (tertiary/aromatic N) is 1. The van der Waals surface area contributed by atoms with Crippen LogP contribution in [0, 0.1) is 17.8 Å². The molecule has 1 heterocycles. The molecule has 19 heavy (non-hydrogen) atoms. The van der Waals surface area contributed by atoms with E-state index in [0.717, 1.165) is 18.5 Å². The number of aliphatic hydroxyl groups excluding tert-OH is 1. The van der Waals surface area contributed by atoms with Crippen molar-refractivity contribution in [1.82, 2.24) is 4.90 Å². The van der Waals surface area contributed by atoms with Crippen LogP contribution in [0.15, 0.2) is 11.4 Å². The Hall–Kier alpha value is -0.820. The van der Waals surface area contributed by atoms with Crippen LogP contribution >= 0.6 is 11.3 Å². The van der Waals surface area contributed by atoms with Gasteiger partial charge in [0.15, 0.2) is 0 Å². The number of thiophene rings is 1. The maximum Gasteiger partial charge on any atom is 0.0540 e. The van der Waals surface area contributed by atoms with Gasteiger partial charge in [0, 0.05) is 36.0 Å². The van der Waals surface area contributed by atoms with E-state index in [9.17, 15) is 0 Å². The monoisotopic (exact) mass is 275 g/mol. The summed E-state index contributed by atoms with van der Waals surface area (Å²) in [5.41, 5.74) is 1.17. The first kappa shape index (κ1) is 13.2. The Morgan fingerprint density at radius 2 is 2.16 bits per heavy atom. The fraction of sp³-hybridized carbons (Fsp3) is 0.625. The zero-order valence-electron chi connectivity index (χ0n) is 11.3. The topological polar surface area (TPSA) is 23.5 Å². The minimum Gasteiger partial charge on any atom is -0.395 e. The van der Waals surface area contributed by atoms with Gasteiger partial charge in [-0.2, -0.15) is 0 Å². The Bertz CT molecular complexity index is 476. The van der Waals surface area contributed by atoms with Gasteiger partial charge in [-0.1, -0.05) is 11.8 Å². The van der Waals surface area contributed by atoms with Crippen LogP contribution in [0.4, 0.5) is 0 Å². The van der Waals surface area contributed by atoms with Crippen LogP contribution in [0.25, 0.3) is 0 Å². The van der Waals surface area contributed by atoms with E-state index in [1.807, 2.05) is 11.3 Å². The van der Waals surface area contributed by atoms with Gasteiger partial charge in [0.2, 0.25) is 0 Å². The lowest BCUT2D eigenvalue weighted by Crippen LogP contribution is -2.27. The lowest BCUT2D eigenvalue weighted by molar-refractivity contribution is 0.246. The first-order valence-corrected chi connectivity index (χ1v) is 8.15. The molecule has 0 unspecified atom stereocenters. The van der Waals surface area contributed by atoms with E-state index in [2.05, 4.69) is 28.2 Å². The van der Waals surface area contributed by atoms with Crippen molar-refractivity contribution in [2.45, 2.75) is 44.7 Å². The first-order chi connectivity index (χ1) is 9.36. The molecule has 2 fully saturated rings. The SMILES string of the molecule is OCCC#Cc1ccsc1CN(CC1CC1)C1CC1. The summed E-state index contributed by atoms with van der Waals surface area (Å²) in [6, 6.07) is 2.95. The van der Waals surface area contributed by atoms with Crippen molar-refractivity contribution in [3.05, 3.63) is 21.9 Å². The van der Waals surface area contributed by atoms with Crippen LogP contribution < -0.4 is 0 Å². The number of aliphatic hydroxyl groups is 1. The summed E-state index contributed by atoms with van der Waals surface area (Å²) >= 11 is 1.82. The van der Waals surface area contributed by atoms with Crippen LogP contribution in [0.2, 0.25) is 0 Å². The lowest BCUT2D eigenvalue weighted by atomic mass is 10.2. The largest absolute Gasteiger partial charge is 0.395 e. The van der Waals surface area contributed by atoms with Gasteiger partial charge in [-0.3, -0.25) is 4.90 Å². The summed E-state index contributed by atoms with van der Waals surface area (Å²) in [7, 11) is 0. The molecule has 0 radical (unpaired) electrons. The van der Waals surface area contributed by atoms with Crippen LogP contribution in [0.1, 0.15) is 42.5 Å². The van der Waals surface area contributed by atoms with E-state index in [1.54, 1.807) is 0 Å². The van der Waals surface area contributed by atoms with Crippen molar-refractivity contribution in [1.29, 1.82) is 0 Å². The second-order valence-electron chi connectivity index (χ2n) is 5.64. The summed E-state index contributed by atoms with van der Waals surface area (Å²) in [4.78, 5) is 4.07. The predicted octanol–water partition coefficient (Wildman–Crippen LogP) is 2.86. The molecular weight excluding hydrogens is 254 g/mol. The fourth-order valence-corrected chi connectivity index (χ4v) is 3.24. The van der Waals surface area contributed by atoms with E-state index < -0.39 is 0 Å². The minimum absolute atomic E-state index is 0.155. The van der Waals surface area contributed by atoms with E-state index >= 15 is 0 Å². The van der Waals surface area contributed by atoms with Crippen molar-refractivity contribution < 1.29 is 5.11 Å². The quantitative estimate of drug-likeness (QED) is 0.807. The summed E-state index contributed by atoms with van der Waals surface area (Å²) in [6.07, 6.45) is 6.19. The molecule has 0 spiro atoms. The van der Waals surface area contributed by atoms with Gasteiger partial charge >= 0.3 is 0 Å². The van der Waals surface area contributed by atoms with Gasteiger partial charge in [0.1, 0.15) is 0 Å². The predicted molar refractivity (Wildman–Crippen MR) is 79.1 cm³/mol. The van der Waals surface area contributed by atoms with Crippen LogP contribution in [-0.4, -0.2) is 29.2 Å². The standard InChI is InChI=1S/C16H21NOS/c18-9-2-1-3-14-8-10-19-16(14)12-17(15-6-7-15)11-13-4-5-13/h8,10,13,15,18H,2,4-7,9,11-12H2. The summed E-state index contributed by atoms with van der Waals surface area (Å²) in [6.45, 7) is 2.51. The average Bonchev–Trinajstić information content (AvgIpc) is 3.30. The Balaban J connectivity index is 1.64. The van der Waals surface area contributed by atoms with Gasteiger partial charge in [0.25, 0.3) is 0 Å². The van der Waals surface area contributed by atoms with Crippen molar-refractivity contribution in [2.75, 3.05) is 13.2 Å². The second-order valence-corrected chi connectivity index (χ2v) is 6.64. The molecule has 2 aliphatic carbocycles. The van der Waals surface area contributed by atoms with Crippen molar-refractivity contribution in [3.63, 3.8) is 0 Å². The number of rotatable bonds is 6. The zero-order valence-corrected chi connectivity index (χ0v) is 12.1. The van der Waals surface area contributed by atoms with Gasteiger partial charge in [0.05, 0.1) is 6.61 Å². The van der Waals surface area contributed by atoms with E-state index in [0.29, 0.717) is 6.42 Å². The third-order valence-electron chi connectivity index (χ3n) is 3.80. The highest BCUT2D eigenvalue weighted by Crippen LogP contribution is 2.36. The van der Waals surface area contributed by atoms with Crippen LogP contribution in [0.5, 0.6) is 0 Å². The molecule has 102 valence electrons. The molecule has 0 bridgehead atoms. The van der Waals surface area contributed by atoms with Crippen LogP contribution in [-0.2, 0) is 6.54 Å². The smallest absolute Gasteiger partial charge is 0.0540 e. The lowest BCUT2D eigenvalue weighted by Gasteiger charge is -2.21. The molecule has 2 nitrogen and oxygen atoms in total. The van der Waals surface area contributed by atoms with E-state index in [-0.39, 0.29) is 6.61 Å². The van der Waals surface area contributed by atoms with Crippen molar-refractivity contribution in [3.8, 4) is 11.8 Å². The molecule has 0 amide bonds. The van der Waals surface area contributed by atoms with Gasteiger partial charge in [-0.25, -0.2) is 0 Å². The van der Waals surface area contributed by atoms with E-state index in [1.165, 1.54) is 42.7 Å². The molecule has 0 aliphatic heterocycles. The molecule has 3 rings (SSSR count). The molecule has 0 saturated heterocycles. The molecule has 2 aliphatic rings. The maximum absolute atomic E-state index is 8.79. The van der Waals surface area contributed by atoms with Gasteiger partial charge in [-0.05, 0) is 43.0 Å². The van der Waals surface area contributed by atoms with Gasteiger partial charge in [-0.15, -0.1) is 11.3 Å². The van der Waals surface area contributed by atoms with Crippen LogP contribution in [0.3, 0.4) is 0 Å². The number of hydrogen-bond acceptors (Lipinski definition) is 3. The number of hydrogen-bond donors (Lipinski definition) is 1. The third kappa shape index (κ3) is 3.82. The molecule has 0 atom stereocenters.